The molecule has 1 amide bonds. The van der Waals surface area contributed by atoms with Gasteiger partial charge in [0.2, 0.25) is 5.88 Å². The van der Waals surface area contributed by atoms with Crippen LogP contribution in [0.25, 0.3) is 5.69 Å². The first kappa shape index (κ1) is 27.2. The van der Waals surface area contributed by atoms with Crippen molar-refractivity contribution in [2.75, 3.05) is 13.1 Å². The Hall–Kier alpha value is -3.82. The standard InChI is InChI=1S/C28H25Cl2N5O3/c1-19-25(26(36)33-34-16-6-3-7-17-34)32-35(24-14-13-22(29)18-23(24)30)27(19)38-28(37)21-11-9-20(10-12-21)8-4-2-5-15-31/h9-14,18H,2-3,5-7,16-17H2,1H3,(H,33,36). The number of rotatable bonds is 6. The van der Waals surface area contributed by atoms with E-state index in [-0.39, 0.29) is 16.6 Å². The number of nitriles is 1. The van der Waals surface area contributed by atoms with Gasteiger partial charge in [-0.1, -0.05) is 41.5 Å². The van der Waals surface area contributed by atoms with Crippen molar-refractivity contribution in [3.05, 3.63) is 74.9 Å². The fourth-order valence-electron chi connectivity index (χ4n) is 3.95. The second kappa shape index (κ2) is 12.6. The van der Waals surface area contributed by atoms with E-state index in [1.165, 1.54) is 4.68 Å². The minimum atomic E-state index is -0.633. The summed E-state index contributed by atoms with van der Waals surface area (Å²) in [4.78, 5) is 26.2. The van der Waals surface area contributed by atoms with Crippen LogP contribution >= 0.6 is 23.2 Å². The van der Waals surface area contributed by atoms with E-state index in [9.17, 15) is 9.59 Å². The third-order valence-corrected chi connectivity index (χ3v) is 6.48. The number of nitrogens with one attached hydrogen (secondary N) is 1. The van der Waals surface area contributed by atoms with E-state index < -0.39 is 11.9 Å². The molecule has 194 valence electrons. The van der Waals surface area contributed by atoms with Gasteiger partial charge in [-0.15, -0.1) is 0 Å². The highest BCUT2D eigenvalue weighted by Gasteiger charge is 2.27. The summed E-state index contributed by atoms with van der Waals surface area (Å²) < 4.78 is 7.12. The number of hydrazine groups is 1. The van der Waals surface area contributed by atoms with Crippen LogP contribution in [0.4, 0.5) is 0 Å². The van der Waals surface area contributed by atoms with Crippen LogP contribution in [-0.2, 0) is 0 Å². The van der Waals surface area contributed by atoms with E-state index in [0.717, 1.165) is 32.4 Å². The number of hydrogen-bond donors (Lipinski definition) is 1. The van der Waals surface area contributed by atoms with E-state index in [4.69, 9.17) is 33.2 Å². The van der Waals surface area contributed by atoms with Gasteiger partial charge in [0, 0.05) is 42.1 Å². The zero-order chi connectivity index (χ0) is 27.1. The molecule has 3 aromatic rings. The first-order chi connectivity index (χ1) is 18.4. The summed E-state index contributed by atoms with van der Waals surface area (Å²) >= 11 is 12.5. The molecule has 0 radical (unpaired) electrons. The van der Waals surface area contributed by atoms with Gasteiger partial charge >= 0.3 is 5.97 Å². The second-order valence-electron chi connectivity index (χ2n) is 8.70. The van der Waals surface area contributed by atoms with Crippen LogP contribution in [0, 0.1) is 30.1 Å². The third kappa shape index (κ3) is 6.54. The number of piperidine rings is 1. The number of hydrogen-bond acceptors (Lipinski definition) is 6. The van der Waals surface area contributed by atoms with Gasteiger partial charge in [-0.25, -0.2) is 9.80 Å². The van der Waals surface area contributed by atoms with Crippen LogP contribution < -0.4 is 10.2 Å². The van der Waals surface area contributed by atoms with Crippen LogP contribution in [0.15, 0.2) is 42.5 Å². The summed E-state index contributed by atoms with van der Waals surface area (Å²) in [5.41, 5.74) is 4.82. The smallest absolute Gasteiger partial charge is 0.344 e. The molecule has 8 nitrogen and oxygen atoms in total. The summed E-state index contributed by atoms with van der Waals surface area (Å²) in [5, 5.41) is 15.7. The molecular weight excluding hydrogens is 525 g/mol. The zero-order valence-corrected chi connectivity index (χ0v) is 22.3. The Kier molecular flexibility index (Phi) is 9.04. The van der Waals surface area contributed by atoms with Crippen molar-refractivity contribution in [2.45, 2.75) is 39.0 Å². The van der Waals surface area contributed by atoms with Crippen LogP contribution in [0.3, 0.4) is 0 Å². The van der Waals surface area contributed by atoms with Crippen molar-refractivity contribution in [3.8, 4) is 29.5 Å². The SMILES string of the molecule is Cc1c(C(=O)NN2CCCCC2)nn(-c2ccc(Cl)cc2Cl)c1OC(=O)c1ccc(C#CCCC#N)cc1. The Morgan fingerprint density at radius 3 is 2.50 bits per heavy atom. The molecular formula is C28H25Cl2N5O3. The Balaban J connectivity index is 1.63. The first-order valence-electron chi connectivity index (χ1n) is 12.2. The second-order valence-corrected chi connectivity index (χ2v) is 9.55. The summed E-state index contributed by atoms with van der Waals surface area (Å²) in [6, 6.07) is 13.5. The number of carbonyl (C=O) groups is 2. The van der Waals surface area contributed by atoms with Gasteiger partial charge in [0.25, 0.3) is 5.91 Å². The largest absolute Gasteiger partial charge is 0.403 e. The van der Waals surface area contributed by atoms with E-state index in [1.54, 1.807) is 49.4 Å². The Bertz CT molecular complexity index is 1440. The monoisotopic (exact) mass is 549 g/mol. The van der Waals surface area contributed by atoms with E-state index in [2.05, 4.69) is 22.4 Å². The number of nitrogens with zero attached hydrogens (tertiary/aromatic N) is 4. The van der Waals surface area contributed by atoms with Gasteiger partial charge in [0.05, 0.1) is 22.3 Å². The lowest BCUT2D eigenvalue weighted by molar-refractivity contribution is 0.0717. The summed E-state index contributed by atoms with van der Waals surface area (Å²) in [6.07, 6.45) is 3.97. The Morgan fingerprint density at radius 1 is 1.08 bits per heavy atom. The van der Waals surface area contributed by atoms with E-state index in [1.807, 2.05) is 11.1 Å². The van der Waals surface area contributed by atoms with Crippen LogP contribution in [-0.4, -0.2) is 39.8 Å². The highest BCUT2D eigenvalue weighted by molar-refractivity contribution is 6.35. The lowest BCUT2D eigenvalue weighted by atomic mass is 10.1. The van der Waals surface area contributed by atoms with Crippen molar-refractivity contribution < 1.29 is 14.3 Å². The molecule has 1 saturated heterocycles. The summed E-state index contributed by atoms with van der Waals surface area (Å²) in [6.45, 7) is 3.19. The van der Waals surface area contributed by atoms with Crippen molar-refractivity contribution in [3.63, 3.8) is 0 Å². The van der Waals surface area contributed by atoms with Crippen molar-refractivity contribution >= 4 is 35.1 Å². The van der Waals surface area contributed by atoms with Crippen LogP contribution in [0.1, 0.15) is 64.1 Å². The normalized spacial score (nSPS) is 13.2. The average molecular weight is 550 g/mol. The molecule has 2 heterocycles. The molecule has 38 heavy (non-hydrogen) atoms. The molecule has 0 unspecified atom stereocenters. The van der Waals surface area contributed by atoms with E-state index >= 15 is 0 Å². The summed E-state index contributed by atoms with van der Waals surface area (Å²) in [5.74, 6) is 4.91. The number of halogens is 2. The molecule has 4 rings (SSSR count). The predicted octanol–water partition coefficient (Wildman–Crippen LogP) is 5.49. The number of aromatic nitrogens is 2. The molecule has 10 heteroatoms. The quantitative estimate of drug-likeness (QED) is 0.248. The first-order valence-corrected chi connectivity index (χ1v) is 12.9. The number of unbranched alkanes of at least 4 members (excludes halogenated alkanes) is 1. The molecule has 1 aliphatic rings. The maximum atomic E-state index is 13.1. The molecule has 1 fully saturated rings. The van der Waals surface area contributed by atoms with Gasteiger partial charge < -0.3 is 4.74 Å². The van der Waals surface area contributed by atoms with Gasteiger partial charge in [-0.05, 0) is 62.2 Å². The van der Waals surface area contributed by atoms with Crippen molar-refractivity contribution in [2.24, 2.45) is 0 Å². The highest BCUT2D eigenvalue weighted by Crippen LogP contribution is 2.31. The molecule has 0 aliphatic carbocycles. The van der Waals surface area contributed by atoms with Crippen molar-refractivity contribution in [1.82, 2.24) is 20.2 Å². The minimum absolute atomic E-state index is 0.0726. The molecule has 1 aliphatic heterocycles. The molecule has 2 aromatic carbocycles. The average Bonchev–Trinajstić information content (AvgIpc) is 3.23. The fraction of sp³-hybridized carbons (Fsp3) is 0.286. The molecule has 0 atom stereocenters. The maximum Gasteiger partial charge on any atom is 0.344 e. The topological polar surface area (TPSA) is 100 Å². The third-order valence-electron chi connectivity index (χ3n) is 5.94. The number of esters is 1. The molecule has 1 N–H and O–H groups in total. The maximum absolute atomic E-state index is 13.1. The Labute approximate surface area is 231 Å². The van der Waals surface area contributed by atoms with Crippen molar-refractivity contribution in [1.29, 1.82) is 5.26 Å². The number of carbonyl (C=O) groups excluding carboxylic acids is 2. The minimum Gasteiger partial charge on any atom is -0.403 e. The lowest BCUT2D eigenvalue weighted by Gasteiger charge is -2.26. The predicted molar refractivity (Wildman–Crippen MR) is 144 cm³/mol. The van der Waals surface area contributed by atoms with Crippen LogP contribution in [0.5, 0.6) is 5.88 Å². The number of amides is 1. The van der Waals surface area contributed by atoms with Crippen LogP contribution in [0.2, 0.25) is 10.0 Å². The van der Waals surface area contributed by atoms with Gasteiger partial charge in [-0.3, -0.25) is 10.2 Å². The van der Waals surface area contributed by atoms with Gasteiger partial charge in [0.1, 0.15) is 0 Å². The molecule has 0 saturated carbocycles. The zero-order valence-electron chi connectivity index (χ0n) is 20.8. The number of benzene rings is 2. The lowest BCUT2D eigenvalue weighted by Crippen LogP contribution is -2.45. The molecule has 0 spiro atoms. The molecule has 0 bridgehead atoms. The van der Waals surface area contributed by atoms with Gasteiger partial charge in [0.15, 0.2) is 5.69 Å². The molecule has 1 aromatic heterocycles. The van der Waals surface area contributed by atoms with Gasteiger partial charge in [-0.2, -0.15) is 15.0 Å². The fourth-order valence-corrected chi connectivity index (χ4v) is 4.44. The summed E-state index contributed by atoms with van der Waals surface area (Å²) in [7, 11) is 0. The van der Waals surface area contributed by atoms with E-state index in [0.29, 0.717) is 40.2 Å². The highest BCUT2D eigenvalue weighted by atomic mass is 35.5. The number of ether oxygens (including phenoxy) is 1. The Morgan fingerprint density at radius 2 is 1.82 bits per heavy atom.